The summed E-state index contributed by atoms with van der Waals surface area (Å²) in [6, 6.07) is 15.7. The highest BCUT2D eigenvalue weighted by atomic mass is 19.1. The number of nitrogens with one attached hydrogen (secondary N) is 1. The van der Waals surface area contributed by atoms with Crippen molar-refractivity contribution < 1.29 is 13.6 Å². The molecule has 3 aromatic rings. The van der Waals surface area contributed by atoms with Crippen LogP contribution in [-0.2, 0) is 17.6 Å². The van der Waals surface area contributed by atoms with Crippen LogP contribution in [0.5, 0.6) is 0 Å². The van der Waals surface area contributed by atoms with E-state index in [1.54, 1.807) is 18.4 Å². The summed E-state index contributed by atoms with van der Waals surface area (Å²) in [4.78, 5) is 16.3. The fraction of sp³-hybridized carbons (Fsp3) is 0.158. The van der Waals surface area contributed by atoms with E-state index in [0.717, 1.165) is 11.3 Å². The van der Waals surface area contributed by atoms with Gasteiger partial charge in [0.1, 0.15) is 12.1 Å². The minimum Gasteiger partial charge on any atom is -0.444 e. The van der Waals surface area contributed by atoms with E-state index in [1.165, 1.54) is 12.1 Å². The van der Waals surface area contributed by atoms with Crippen LogP contribution < -0.4 is 5.32 Å². The third-order valence-corrected chi connectivity index (χ3v) is 3.53. The van der Waals surface area contributed by atoms with Crippen LogP contribution in [0.3, 0.4) is 0 Å². The Balaban J connectivity index is 1.48. The highest BCUT2D eigenvalue weighted by molar-refractivity contribution is 5.78. The monoisotopic (exact) mass is 324 g/mol. The zero-order chi connectivity index (χ0) is 16.8. The molecular weight excluding hydrogens is 307 g/mol. The van der Waals surface area contributed by atoms with Crippen molar-refractivity contribution in [1.82, 2.24) is 10.3 Å². The Bertz CT molecular complexity index is 815. The van der Waals surface area contributed by atoms with E-state index < -0.39 is 0 Å². The number of oxazole rings is 1. The SMILES string of the molecule is O=C(Cc1cccc(F)c1)NCCc1coc(-c2ccccc2)n1. The Morgan fingerprint density at radius 3 is 2.75 bits per heavy atom. The number of halogens is 1. The topological polar surface area (TPSA) is 55.1 Å². The first-order chi connectivity index (χ1) is 11.7. The first-order valence-corrected chi connectivity index (χ1v) is 7.72. The van der Waals surface area contributed by atoms with Gasteiger partial charge in [-0.2, -0.15) is 0 Å². The maximum atomic E-state index is 13.1. The number of amides is 1. The van der Waals surface area contributed by atoms with E-state index in [4.69, 9.17) is 4.42 Å². The van der Waals surface area contributed by atoms with E-state index in [0.29, 0.717) is 24.4 Å². The van der Waals surface area contributed by atoms with Gasteiger partial charge in [-0.25, -0.2) is 9.37 Å². The normalized spacial score (nSPS) is 10.5. The molecule has 122 valence electrons. The molecule has 0 radical (unpaired) electrons. The number of carbonyl (C=O) groups is 1. The minimum absolute atomic E-state index is 0.146. The van der Waals surface area contributed by atoms with Gasteiger partial charge in [0, 0.05) is 18.5 Å². The second-order valence-corrected chi connectivity index (χ2v) is 5.42. The maximum Gasteiger partial charge on any atom is 0.226 e. The van der Waals surface area contributed by atoms with Gasteiger partial charge in [-0.3, -0.25) is 4.79 Å². The van der Waals surface area contributed by atoms with Crippen LogP contribution in [0.25, 0.3) is 11.5 Å². The molecule has 0 bridgehead atoms. The minimum atomic E-state index is -0.337. The molecule has 2 aromatic carbocycles. The van der Waals surface area contributed by atoms with Gasteiger partial charge in [-0.05, 0) is 29.8 Å². The molecule has 0 aliphatic rings. The van der Waals surface area contributed by atoms with E-state index in [1.807, 2.05) is 30.3 Å². The Morgan fingerprint density at radius 1 is 1.12 bits per heavy atom. The predicted octanol–water partition coefficient (Wildman–Crippen LogP) is 3.38. The van der Waals surface area contributed by atoms with Gasteiger partial charge in [0.15, 0.2) is 0 Å². The molecule has 1 aromatic heterocycles. The van der Waals surface area contributed by atoms with Gasteiger partial charge in [-0.1, -0.05) is 30.3 Å². The summed E-state index contributed by atoms with van der Waals surface area (Å²) in [7, 11) is 0. The van der Waals surface area contributed by atoms with Crippen LogP contribution in [0, 0.1) is 5.82 Å². The maximum absolute atomic E-state index is 13.1. The summed E-state index contributed by atoms with van der Waals surface area (Å²) in [5.41, 5.74) is 2.35. The van der Waals surface area contributed by atoms with Crippen molar-refractivity contribution in [3.8, 4) is 11.5 Å². The molecule has 0 spiro atoms. The lowest BCUT2D eigenvalue weighted by atomic mass is 10.1. The number of nitrogens with zero attached hydrogens (tertiary/aromatic N) is 1. The lowest BCUT2D eigenvalue weighted by Crippen LogP contribution is -2.27. The average Bonchev–Trinajstić information content (AvgIpc) is 3.04. The molecule has 0 aliphatic heterocycles. The highest BCUT2D eigenvalue weighted by Crippen LogP contribution is 2.17. The molecule has 0 saturated heterocycles. The first kappa shape index (κ1) is 15.9. The molecule has 0 atom stereocenters. The summed E-state index contributed by atoms with van der Waals surface area (Å²) in [5, 5.41) is 2.81. The Kier molecular flexibility index (Phi) is 5.01. The Hall–Kier alpha value is -2.95. The zero-order valence-corrected chi connectivity index (χ0v) is 13.0. The molecule has 3 rings (SSSR count). The Labute approximate surface area is 139 Å². The molecule has 5 heteroatoms. The van der Waals surface area contributed by atoms with Crippen molar-refractivity contribution in [2.24, 2.45) is 0 Å². The van der Waals surface area contributed by atoms with Crippen LogP contribution in [0.1, 0.15) is 11.3 Å². The Morgan fingerprint density at radius 2 is 1.96 bits per heavy atom. The molecule has 0 unspecified atom stereocenters. The number of hydrogen-bond donors (Lipinski definition) is 1. The summed E-state index contributed by atoms with van der Waals surface area (Å²) in [6.07, 6.45) is 2.33. The van der Waals surface area contributed by atoms with Crippen LogP contribution in [0.4, 0.5) is 4.39 Å². The van der Waals surface area contributed by atoms with Crippen molar-refractivity contribution in [3.63, 3.8) is 0 Å². The van der Waals surface area contributed by atoms with Crippen LogP contribution >= 0.6 is 0 Å². The second kappa shape index (κ2) is 7.55. The molecule has 1 N–H and O–H groups in total. The van der Waals surface area contributed by atoms with Crippen molar-refractivity contribution in [1.29, 1.82) is 0 Å². The number of hydrogen-bond acceptors (Lipinski definition) is 3. The van der Waals surface area contributed by atoms with Crippen molar-refractivity contribution in [3.05, 3.63) is 77.9 Å². The van der Waals surface area contributed by atoms with Crippen LogP contribution in [0.15, 0.2) is 65.3 Å². The zero-order valence-electron chi connectivity index (χ0n) is 13.0. The van der Waals surface area contributed by atoms with Crippen molar-refractivity contribution in [2.75, 3.05) is 6.54 Å². The van der Waals surface area contributed by atoms with Gasteiger partial charge in [0.05, 0.1) is 12.1 Å². The number of rotatable bonds is 6. The van der Waals surface area contributed by atoms with Gasteiger partial charge in [-0.15, -0.1) is 0 Å². The van der Waals surface area contributed by atoms with Gasteiger partial charge >= 0.3 is 0 Å². The van der Waals surface area contributed by atoms with Crippen molar-refractivity contribution in [2.45, 2.75) is 12.8 Å². The average molecular weight is 324 g/mol. The molecule has 24 heavy (non-hydrogen) atoms. The summed E-state index contributed by atoms with van der Waals surface area (Å²) < 4.78 is 18.5. The van der Waals surface area contributed by atoms with Crippen LogP contribution in [-0.4, -0.2) is 17.4 Å². The fourth-order valence-electron chi connectivity index (χ4n) is 2.36. The van der Waals surface area contributed by atoms with E-state index in [2.05, 4.69) is 10.3 Å². The van der Waals surface area contributed by atoms with Crippen LogP contribution in [0.2, 0.25) is 0 Å². The van der Waals surface area contributed by atoms with Gasteiger partial charge < -0.3 is 9.73 Å². The number of benzene rings is 2. The van der Waals surface area contributed by atoms with Crippen molar-refractivity contribution >= 4 is 5.91 Å². The smallest absolute Gasteiger partial charge is 0.226 e. The summed E-state index contributed by atoms with van der Waals surface area (Å²) in [6.45, 7) is 0.453. The fourth-order valence-corrected chi connectivity index (χ4v) is 2.36. The number of aromatic nitrogens is 1. The van der Waals surface area contributed by atoms with Gasteiger partial charge in [0.25, 0.3) is 0 Å². The summed E-state index contributed by atoms with van der Waals surface area (Å²) >= 11 is 0. The predicted molar refractivity (Wildman–Crippen MR) is 88.8 cm³/mol. The lowest BCUT2D eigenvalue weighted by molar-refractivity contribution is -0.120. The molecule has 1 amide bonds. The highest BCUT2D eigenvalue weighted by Gasteiger charge is 2.07. The molecule has 4 nitrogen and oxygen atoms in total. The third-order valence-electron chi connectivity index (χ3n) is 3.53. The summed E-state index contributed by atoms with van der Waals surface area (Å²) in [5.74, 6) is 0.0837. The van der Waals surface area contributed by atoms with E-state index in [9.17, 15) is 9.18 Å². The van der Waals surface area contributed by atoms with E-state index in [-0.39, 0.29) is 18.1 Å². The molecule has 1 heterocycles. The van der Waals surface area contributed by atoms with Gasteiger partial charge in [0.2, 0.25) is 11.8 Å². The molecule has 0 saturated carbocycles. The molecular formula is C19H17FN2O2. The largest absolute Gasteiger partial charge is 0.444 e. The first-order valence-electron chi connectivity index (χ1n) is 7.72. The third kappa shape index (κ3) is 4.29. The standard InChI is InChI=1S/C19H17FN2O2/c20-16-8-4-5-14(11-16)12-18(23)21-10-9-17-13-24-19(22-17)15-6-2-1-3-7-15/h1-8,11,13H,9-10,12H2,(H,21,23). The number of carbonyl (C=O) groups excluding carboxylic acids is 1. The van der Waals surface area contributed by atoms with E-state index >= 15 is 0 Å². The lowest BCUT2D eigenvalue weighted by Gasteiger charge is -2.04. The quantitative estimate of drug-likeness (QED) is 0.756. The molecule has 0 fully saturated rings. The molecule has 0 aliphatic carbocycles. The second-order valence-electron chi connectivity index (χ2n) is 5.42.